The fourth-order valence-electron chi connectivity index (χ4n) is 2.71. The molecule has 1 fully saturated rings. The maximum atomic E-state index is 12.3. The SMILES string of the molecule is CCCC1CC(C(=O)Nc2cc3c(cc2Cl)OCCO3)NN1. The van der Waals surface area contributed by atoms with Crippen LogP contribution < -0.4 is 25.6 Å². The fraction of sp³-hybridized carbons (Fsp3) is 0.533. The largest absolute Gasteiger partial charge is 0.486 e. The summed E-state index contributed by atoms with van der Waals surface area (Å²) in [5, 5.41) is 3.29. The summed E-state index contributed by atoms with van der Waals surface area (Å²) >= 11 is 6.20. The lowest BCUT2D eigenvalue weighted by Crippen LogP contribution is -2.40. The van der Waals surface area contributed by atoms with Crippen molar-refractivity contribution in [3.63, 3.8) is 0 Å². The molecule has 0 radical (unpaired) electrons. The number of carbonyl (C=O) groups excluding carboxylic acids is 1. The molecular weight excluding hydrogens is 306 g/mol. The molecule has 22 heavy (non-hydrogen) atoms. The molecule has 0 spiro atoms. The molecule has 0 aliphatic carbocycles. The molecule has 1 aromatic carbocycles. The summed E-state index contributed by atoms with van der Waals surface area (Å²) in [6, 6.07) is 3.45. The molecule has 3 N–H and O–H groups in total. The number of halogens is 1. The van der Waals surface area contributed by atoms with E-state index in [2.05, 4.69) is 23.1 Å². The van der Waals surface area contributed by atoms with Crippen molar-refractivity contribution in [3.8, 4) is 11.5 Å². The second-order valence-corrected chi connectivity index (χ2v) is 5.93. The van der Waals surface area contributed by atoms with Crippen LogP contribution in [0.15, 0.2) is 12.1 Å². The summed E-state index contributed by atoms with van der Waals surface area (Å²) in [5.41, 5.74) is 6.72. The number of hydrazine groups is 1. The van der Waals surface area contributed by atoms with Gasteiger partial charge in [-0.3, -0.25) is 10.2 Å². The molecule has 2 atom stereocenters. The van der Waals surface area contributed by atoms with Crippen LogP contribution in [-0.4, -0.2) is 31.2 Å². The Labute approximate surface area is 134 Å². The van der Waals surface area contributed by atoms with E-state index in [9.17, 15) is 4.79 Å². The molecule has 120 valence electrons. The third-order valence-corrected chi connectivity index (χ3v) is 4.14. The van der Waals surface area contributed by atoms with Crippen molar-refractivity contribution >= 4 is 23.2 Å². The standard InChI is InChI=1S/C15H20ClN3O3/c1-2-3-9-6-12(19-18-9)15(20)17-11-8-14-13(7-10(11)16)21-4-5-22-14/h7-9,12,18-19H,2-6H2,1H3,(H,17,20). The molecule has 1 amide bonds. The molecule has 0 saturated carbocycles. The quantitative estimate of drug-likeness (QED) is 0.790. The maximum Gasteiger partial charge on any atom is 0.242 e. The number of fused-ring (bicyclic) bond motifs is 1. The van der Waals surface area contributed by atoms with Gasteiger partial charge >= 0.3 is 0 Å². The van der Waals surface area contributed by atoms with E-state index in [0.29, 0.717) is 41.5 Å². The zero-order chi connectivity index (χ0) is 15.5. The lowest BCUT2D eigenvalue weighted by molar-refractivity contribution is -0.117. The molecular formula is C15H20ClN3O3. The van der Waals surface area contributed by atoms with E-state index in [1.54, 1.807) is 12.1 Å². The van der Waals surface area contributed by atoms with Gasteiger partial charge in [0.25, 0.3) is 0 Å². The number of ether oxygens (including phenoxy) is 2. The van der Waals surface area contributed by atoms with Crippen LogP contribution in [0.25, 0.3) is 0 Å². The van der Waals surface area contributed by atoms with E-state index in [1.165, 1.54) is 0 Å². The predicted octanol–water partition coefficient (Wildman–Crippen LogP) is 2.08. The van der Waals surface area contributed by atoms with Crippen molar-refractivity contribution in [1.82, 2.24) is 10.9 Å². The minimum Gasteiger partial charge on any atom is -0.486 e. The summed E-state index contributed by atoms with van der Waals surface area (Å²) in [7, 11) is 0. The van der Waals surface area contributed by atoms with Crippen molar-refractivity contribution < 1.29 is 14.3 Å². The predicted molar refractivity (Wildman–Crippen MR) is 84.4 cm³/mol. The highest BCUT2D eigenvalue weighted by Crippen LogP contribution is 2.38. The van der Waals surface area contributed by atoms with Crippen LogP contribution in [0.5, 0.6) is 11.5 Å². The third kappa shape index (κ3) is 3.29. The average molecular weight is 326 g/mol. The second-order valence-electron chi connectivity index (χ2n) is 5.53. The Bertz CT molecular complexity index is 567. The Morgan fingerprint density at radius 2 is 2.05 bits per heavy atom. The van der Waals surface area contributed by atoms with E-state index in [1.807, 2.05) is 0 Å². The van der Waals surface area contributed by atoms with Gasteiger partial charge in [0.1, 0.15) is 19.3 Å². The third-order valence-electron chi connectivity index (χ3n) is 3.83. The van der Waals surface area contributed by atoms with Crippen LogP contribution in [0.2, 0.25) is 5.02 Å². The van der Waals surface area contributed by atoms with Gasteiger partial charge in [0, 0.05) is 18.2 Å². The highest BCUT2D eigenvalue weighted by Gasteiger charge is 2.29. The van der Waals surface area contributed by atoms with Gasteiger partial charge in [0.05, 0.1) is 10.7 Å². The molecule has 2 unspecified atom stereocenters. The van der Waals surface area contributed by atoms with Crippen LogP contribution in [0.1, 0.15) is 26.2 Å². The minimum absolute atomic E-state index is 0.107. The van der Waals surface area contributed by atoms with Gasteiger partial charge in [-0.05, 0) is 12.8 Å². The Morgan fingerprint density at radius 3 is 2.77 bits per heavy atom. The van der Waals surface area contributed by atoms with Crippen molar-refractivity contribution in [3.05, 3.63) is 17.2 Å². The smallest absolute Gasteiger partial charge is 0.242 e. The first kappa shape index (κ1) is 15.4. The number of nitrogens with one attached hydrogen (secondary N) is 3. The average Bonchev–Trinajstić information content (AvgIpc) is 2.97. The van der Waals surface area contributed by atoms with Crippen molar-refractivity contribution in [2.75, 3.05) is 18.5 Å². The highest BCUT2D eigenvalue weighted by molar-refractivity contribution is 6.34. The lowest BCUT2D eigenvalue weighted by Gasteiger charge is -2.20. The summed E-state index contributed by atoms with van der Waals surface area (Å²) in [4.78, 5) is 12.3. The number of carbonyl (C=O) groups is 1. The molecule has 2 aliphatic heterocycles. The molecule has 3 rings (SSSR count). The minimum atomic E-state index is -0.263. The number of hydrogen-bond acceptors (Lipinski definition) is 5. The zero-order valence-corrected chi connectivity index (χ0v) is 13.2. The molecule has 2 aliphatic rings. The van der Waals surface area contributed by atoms with Gasteiger partial charge in [-0.15, -0.1) is 0 Å². The molecule has 1 saturated heterocycles. The molecule has 0 aromatic heterocycles. The Kier molecular flexibility index (Phi) is 4.71. The van der Waals surface area contributed by atoms with Crippen LogP contribution in [-0.2, 0) is 4.79 Å². The Hall–Kier alpha value is -1.50. The summed E-state index contributed by atoms with van der Waals surface area (Å²) in [6.07, 6.45) is 2.89. The van der Waals surface area contributed by atoms with Crippen LogP contribution in [0.3, 0.4) is 0 Å². The molecule has 7 heteroatoms. The number of amides is 1. The van der Waals surface area contributed by atoms with Gasteiger partial charge in [0.2, 0.25) is 5.91 Å². The van der Waals surface area contributed by atoms with Gasteiger partial charge < -0.3 is 14.8 Å². The van der Waals surface area contributed by atoms with Gasteiger partial charge in [0.15, 0.2) is 11.5 Å². The van der Waals surface area contributed by atoms with Gasteiger partial charge in [-0.25, -0.2) is 5.43 Å². The maximum absolute atomic E-state index is 12.3. The molecule has 0 bridgehead atoms. The number of anilines is 1. The van der Waals surface area contributed by atoms with Crippen LogP contribution in [0, 0.1) is 0 Å². The van der Waals surface area contributed by atoms with Crippen molar-refractivity contribution in [2.24, 2.45) is 0 Å². The van der Waals surface area contributed by atoms with Crippen LogP contribution >= 0.6 is 11.6 Å². The Balaban J connectivity index is 1.67. The van der Waals surface area contributed by atoms with Crippen molar-refractivity contribution in [2.45, 2.75) is 38.3 Å². The number of benzene rings is 1. The summed E-state index contributed by atoms with van der Waals surface area (Å²) in [6.45, 7) is 3.13. The van der Waals surface area contributed by atoms with E-state index in [0.717, 1.165) is 19.3 Å². The summed E-state index contributed by atoms with van der Waals surface area (Å²) < 4.78 is 11.0. The first-order chi connectivity index (χ1) is 10.7. The van der Waals surface area contributed by atoms with E-state index >= 15 is 0 Å². The highest BCUT2D eigenvalue weighted by atomic mass is 35.5. The van der Waals surface area contributed by atoms with Gasteiger partial charge in [-0.1, -0.05) is 24.9 Å². The number of hydrogen-bond donors (Lipinski definition) is 3. The monoisotopic (exact) mass is 325 g/mol. The van der Waals surface area contributed by atoms with Crippen molar-refractivity contribution in [1.29, 1.82) is 0 Å². The molecule has 6 nitrogen and oxygen atoms in total. The topological polar surface area (TPSA) is 71.6 Å². The van der Waals surface area contributed by atoms with E-state index in [-0.39, 0.29) is 11.9 Å². The van der Waals surface area contributed by atoms with E-state index < -0.39 is 0 Å². The van der Waals surface area contributed by atoms with Crippen LogP contribution in [0.4, 0.5) is 5.69 Å². The zero-order valence-electron chi connectivity index (χ0n) is 12.4. The van der Waals surface area contributed by atoms with E-state index in [4.69, 9.17) is 21.1 Å². The molecule has 1 aromatic rings. The van der Waals surface area contributed by atoms with Gasteiger partial charge in [-0.2, -0.15) is 0 Å². The second kappa shape index (κ2) is 6.73. The Morgan fingerprint density at radius 1 is 1.32 bits per heavy atom. The first-order valence-corrected chi connectivity index (χ1v) is 7.96. The fourth-order valence-corrected chi connectivity index (χ4v) is 2.91. The first-order valence-electron chi connectivity index (χ1n) is 7.58. The number of rotatable bonds is 4. The lowest BCUT2D eigenvalue weighted by atomic mass is 10.1. The summed E-state index contributed by atoms with van der Waals surface area (Å²) in [5.74, 6) is 1.11. The molecule has 2 heterocycles. The normalized spacial score (nSPS) is 23.4.